The summed E-state index contributed by atoms with van der Waals surface area (Å²) < 4.78 is 0. The Kier molecular flexibility index (Phi) is 5.20. The van der Waals surface area contributed by atoms with Gasteiger partial charge in [-0.1, -0.05) is 12.2 Å². The molecule has 8 aliphatic rings. The van der Waals surface area contributed by atoms with Gasteiger partial charge in [0, 0.05) is 49.2 Å². The van der Waals surface area contributed by atoms with Crippen LogP contribution >= 0.6 is 23.5 Å². The molecule has 4 heterocycles. The molecule has 0 N–H and O–H groups in total. The molecule has 34 heavy (non-hydrogen) atoms. The third kappa shape index (κ3) is 2.94. The van der Waals surface area contributed by atoms with Crippen molar-refractivity contribution in [2.75, 3.05) is 62.5 Å². The molecular weight excluding hydrogens is 472 g/mol. The summed E-state index contributed by atoms with van der Waals surface area (Å²) in [5, 5.41) is 0. The van der Waals surface area contributed by atoms with E-state index in [2.05, 4.69) is 22.0 Å². The van der Waals surface area contributed by atoms with Gasteiger partial charge >= 0.3 is 0 Å². The highest BCUT2D eigenvalue weighted by Gasteiger charge is 2.75. The number of hydrogen-bond donors (Lipinski definition) is 0. The average Bonchev–Trinajstić information content (AvgIpc) is 3.21. The minimum absolute atomic E-state index is 0.0164. The average molecular weight is 503 g/mol. The Hall–Kier alpha value is -1.36. The van der Waals surface area contributed by atoms with Gasteiger partial charge in [0.15, 0.2) is 0 Å². The smallest absolute Gasteiger partial charge is 0.234 e. The van der Waals surface area contributed by atoms with E-state index in [4.69, 9.17) is 0 Å². The second kappa shape index (κ2) is 8.08. The third-order valence-electron chi connectivity index (χ3n) is 9.42. The van der Waals surface area contributed by atoms with Crippen LogP contribution < -0.4 is 0 Å². The lowest BCUT2D eigenvalue weighted by atomic mass is 9.40. The minimum Gasteiger partial charge on any atom is -0.284 e. The Labute approximate surface area is 207 Å². The van der Waals surface area contributed by atoms with E-state index >= 15 is 0 Å². The molecule has 0 spiro atoms. The van der Waals surface area contributed by atoms with Crippen LogP contribution in [0.4, 0.5) is 0 Å². The summed E-state index contributed by atoms with van der Waals surface area (Å²) in [5.41, 5.74) is 0. The van der Waals surface area contributed by atoms with Crippen LogP contribution in [0.25, 0.3) is 0 Å². The summed E-state index contributed by atoms with van der Waals surface area (Å²) in [6.07, 6.45) is 4.19. The van der Waals surface area contributed by atoms with E-state index in [1.54, 1.807) is 0 Å². The largest absolute Gasteiger partial charge is 0.284 e. The first kappa shape index (κ1) is 21.9. The Morgan fingerprint density at radius 1 is 0.588 bits per heavy atom. The second-order valence-electron chi connectivity index (χ2n) is 10.8. The SMILES string of the molecule is O=C1[C@H]2[C@H]3C=C[C@H](C4[C@H]3[C@@H]3C(=O)N(CN5CCSCC5)C(=O)[C@H]43)[C@H]2C(=O)N1CN1CCSCC1. The number of imide groups is 2. The molecule has 2 bridgehead atoms. The molecule has 4 amide bonds. The highest BCUT2D eigenvalue weighted by atomic mass is 32.2. The number of likely N-dealkylation sites (tertiary alicyclic amines) is 2. The predicted molar refractivity (Wildman–Crippen MR) is 128 cm³/mol. The molecule has 6 fully saturated rings. The van der Waals surface area contributed by atoms with E-state index in [0.717, 1.165) is 49.2 Å². The lowest BCUT2D eigenvalue weighted by Crippen LogP contribution is -2.63. The van der Waals surface area contributed by atoms with Crippen molar-refractivity contribution >= 4 is 47.2 Å². The van der Waals surface area contributed by atoms with Gasteiger partial charge in [-0.2, -0.15) is 23.5 Å². The molecule has 10 heteroatoms. The fourth-order valence-electron chi connectivity index (χ4n) is 7.89. The summed E-state index contributed by atoms with van der Waals surface area (Å²) in [7, 11) is 0. The van der Waals surface area contributed by atoms with Gasteiger partial charge in [-0.05, 0) is 23.7 Å². The van der Waals surface area contributed by atoms with Crippen molar-refractivity contribution in [2.45, 2.75) is 0 Å². The first-order chi connectivity index (χ1) is 16.6. The van der Waals surface area contributed by atoms with E-state index < -0.39 is 0 Å². The molecular formula is C24H30N4O4S2. The number of rotatable bonds is 4. The molecule has 182 valence electrons. The summed E-state index contributed by atoms with van der Waals surface area (Å²) in [6.45, 7) is 4.36. The second-order valence-corrected chi connectivity index (χ2v) is 13.2. The molecule has 4 saturated heterocycles. The van der Waals surface area contributed by atoms with E-state index in [1.807, 2.05) is 23.5 Å². The number of hydrogen-bond acceptors (Lipinski definition) is 8. The summed E-state index contributed by atoms with van der Waals surface area (Å²) in [5.74, 6) is 2.36. The number of thioether (sulfide) groups is 2. The van der Waals surface area contributed by atoms with Crippen LogP contribution in [0.1, 0.15) is 0 Å². The van der Waals surface area contributed by atoms with Crippen molar-refractivity contribution in [3.8, 4) is 0 Å². The van der Waals surface area contributed by atoms with E-state index in [9.17, 15) is 19.2 Å². The van der Waals surface area contributed by atoms with E-state index in [1.165, 1.54) is 9.80 Å². The van der Waals surface area contributed by atoms with Gasteiger partial charge in [-0.15, -0.1) is 0 Å². The Morgan fingerprint density at radius 3 is 1.32 bits per heavy atom. The first-order valence-corrected chi connectivity index (χ1v) is 14.9. The zero-order valence-corrected chi connectivity index (χ0v) is 20.7. The Balaban J connectivity index is 1.13. The predicted octanol–water partition coefficient (Wildman–Crippen LogP) is 0.263. The summed E-state index contributed by atoms with van der Waals surface area (Å²) >= 11 is 3.81. The van der Waals surface area contributed by atoms with Crippen LogP contribution in [0.5, 0.6) is 0 Å². The number of carbonyl (C=O) groups is 4. The quantitative estimate of drug-likeness (QED) is 0.400. The zero-order chi connectivity index (χ0) is 23.1. The van der Waals surface area contributed by atoms with Crippen molar-refractivity contribution in [1.29, 1.82) is 0 Å². The van der Waals surface area contributed by atoms with Crippen LogP contribution in [0, 0.1) is 47.3 Å². The number of nitrogens with zero attached hydrogens (tertiary/aromatic N) is 4. The minimum atomic E-state index is -0.361. The molecule has 2 saturated carbocycles. The molecule has 8 rings (SSSR count). The van der Waals surface area contributed by atoms with Crippen LogP contribution in [0.2, 0.25) is 0 Å². The lowest BCUT2D eigenvalue weighted by molar-refractivity contribution is -0.166. The van der Waals surface area contributed by atoms with Crippen LogP contribution in [0.15, 0.2) is 12.2 Å². The standard InChI is InChI=1S/C24H30N4O4S2/c29-21-17-13-1-2-14(18(17)22(30)27(21)11-25-3-7-33-8-4-25)16-15(13)19-20(16)24(32)28(23(19)31)12-26-5-9-34-10-6-26/h1-2,13-20H,3-12H2/t13-,14+,15-,16?,17-,18+,19-,20+/m0/s1. The highest BCUT2D eigenvalue weighted by molar-refractivity contribution is 7.99. The number of fused-ring (bicyclic) bond motifs is 1. The molecule has 4 aliphatic carbocycles. The van der Waals surface area contributed by atoms with E-state index in [-0.39, 0.29) is 71.0 Å². The normalized spacial score (nSPS) is 43.9. The van der Waals surface area contributed by atoms with Crippen molar-refractivity contribution in [1.82, 2.24) is 19.6 Å². The molecule has 0 aromatic rings. The van der Waals surface area contributed by atoms with Crippen molar-refractivity contribution in [3.05, 3.63) is 12.2 Å². The maximum atomic E-state index is 13.5. The van der Waals surface area contributed by atoms with Gasteiger partial charge in [0.05, 0.1) is 37.0 Å². The highest BCUT2D eigenvalue weighted by Crippen LogP contribution is 2.68. The Morgan fingerprint density at radius 2 is 0.941 bits per heavy atom. The summed E-state index contributed by atoms with van der Waals surface area (Å²) in [4.78, 5) is 61.3. The zero-order valence-electron chi connectivity index (χ0n) is 19.1. The molecule has 4 aliphatic heterocycles. The van der Waals surface area contributed by atoms with Gasteiger partial charge in [-0.25, -0.2) is 0 Å². The third-order valence-corrected chi connectivity index (χ3v) is 11.3. The van der Waals surface area contributed by atoms with Gasteiger partial charge in [0.25, 0.3) is 0 Å². The van der Waals surface area contributed by atoms with Crippen LogP contribution in [0.3, 0.4) is 0 Å². The van der Waals surface area contributed by atoms with E-state index in [0.29, 0.717) is 13.3 Å². The molecule has 0 radical (unpaired) electrons. The van der Waals surface area contributed by atoms with Gasteiger partial charge in [0.1, 0.15) is 0 Å². The molecule has 8 nitrogen and oxygen atoms in total. The van der Waals surface area contributed by atoms with Crippen molar-refractivity contribution < 1.29 is 19.2 Å². The van der Waals surface area contributed by atoms with Gasteiger partial charge in [0.2, 0.25) is 23.6 Å². The maximum Gasteiger partial charge on any atom is 0.234 e. The number of carbonyl (C=O) groups excluding carboxylic acids is 4. The molecule has 8 atom stereocenters. The fourth-order valence-corrected chi connectivity index (χ4v) is 9.85. The monoisotopic (exact) mass is 502 g/mol. The summed E-state index contributed by atoms with van der Waals surface area (Å²) in [6, 6.07) is 0. The molecule has 0 aromatic heterocycles. The van der Waals surface area contributed by atoms with Gasteiger partial charge < -0.3 is 0 Å². The lowest BCUT2D eigenvalue weighted by Gasteiger charge is -2.60. The maximum absolute atomic E-state index is 13.5. The Bertz CT molecular complexity index is 922. The number of allylic oxidation sites excluding steroid dienone is 2. The van der Waals surface area contributed by atoms with Crippen LogP contribution in [-0.2, 0) is 19.2 Å². The fraction of sp³-hybridized carbons (Fsp3) is 0.750. The van der Waals surface area contributed by atoms with Crippen molar-refractivity contribution in [2.24, 2.45) is 47.3 Å². The number of amides is 4. The molecule has 1 unspecified atom stereocenters. The topological polar surface area (TPSA) is 81.2 Å². The molecule has 0 aromatic carbocycles. The van der Waals surface area contributed by atoms with Crippen LogP contribution in [-0.4, -0.2) is 106 Å². The first-order valence-electron chi connectivity index (χ1n) is 12.6. The van der Waals surface area contributed by atoms with Crippen molar-refractivity contribution in [3.63, 3.8) is 0 Å². The van der Waals surface area contributed by atoms with Gasteiger partial charge in [-0.3, -0.25) is 38.8 Å².